The fourth-order valence-electron chi connectivity index (χ4n) is 3.06. The van der Waals surface area contributed by atoms with E-state index in [9.17, 15) is 8.42 Å². The summed E-state index contributed by atoms with van der Waals surface area (Å²) in [6.07, 6.45) is 8.38. The van der Waals surface area contributed by atoms with Crippen LogP contribution in [0.3, 0.4) is 0 Å². The van der Waals surface area contributed by atoms with Crippen LogP contribution in [0.4, 0.5) is 0 Å². The van der Waals surface area contributed by atoms with Crippen LogP contribution in [0.1, 0.15) is 43.1 Å². The van der Waals surface area contributed by atoms with Gasteiger partial charge in [-0.3, -0.25) is 9.97 Å². The topological polar surface area (TPSA) is 72.0 Å². The first-order valence-corrected chi connectivity index (χ1v) is 9.02. The van der Waals surface area contributed by atoms with Gasteiger partial charge in [0.1, 0.15) is 9.84 Å². The van der Waals surface area contributed by atoms with Gasteiger partial charge < -0.3 is 5.32 Å². The molecule has 0 aliphatic heterocycles. The molecule has 1 aromatic rings. The average molecular weight is 297 g/mol. The van der Waals surface area contributed by atoms with Gasteiger partial charge in [-0.1, -0.05) is 6.42 Å². The van der Waals surface area contributed by atoms with Crippen LogP contribution >= 0.6 is 0 Å². The van der Waals surface area contributed by atoms with Gasteiger partial charge >= 0.3 is 0 Å². The maximum absolute atomic E-state index is 11.8. The van der Waals surface area contributed by atoms with Gasteiger partial charge in [0.05, 0.1) is 28.9 Å². The number of hydrogen-bond acceptors (Lipinski definition) is 5. The molecule has 0 bridgehead atoms. The third-order valence-corrected chi connectivity index (χ3v) is 5.81. The van der Waals surface area contributed by atoms with E-state index in [1.54, 1.807) is 12.4 Å². The third-order valence-electron chi connectivity index (χ3n) is 4.17. The van der Waals surface area contributed by atoms with Gasteiger partial charge in [-0.15, -0.1) is 0 Å². The second-order valence-corrected chi connectivity index (χ2v) is 8.05. The van der Waals surface area contributed by atoms with Gasteiger partial charge in [0.25, 0.3) is 0 Å². The zero-order valence-corrected chi connectivity index (χ0v) is 13.2. The molecule has 112 valence electrons. The number of sulfone groups is 1. The maximum atomic E-state index is 11.8. The Bertz CT molecular complexity index is 542. The molecule has 0 radical (unpaired) electrons. The highest BCUT2D eigenvalue weighted by Gasteiger charge is 2.33. The highest BCUT2D eigenvalue weighted by molar-refractivity contribution is 7.91. The van der Waals surface area contributed by atoms with Crippen molar-refractivity contribution in [2.24, 2.45) is 5.92 Å². The van der Waals surface area contributed by atoms with Crippen LogP contribution in [0.25, 0.3) is 0 Å². The normalized spacial score (nSPS) is 25.4. The minimum absolute atomic E-state index is 0.0765. The molecule has 1 aliphatic carbocycles. The van der Waals surface area contributed by atoms with Gasteiger partial charge in [-0.25, -0.2) is 8.42 Å². The molecule has 0 aromatic carbocycles. The Morgan fingerprint density at radius 3 is 2.60 bits per heavy atom. The summed E-state index contributed by atoms with van der Waals surface area (Å²) >= 11 is 0. The highest BCUT2D eigenvalue weighted by atomic mass is 32.2. The lowest BCUT2D eigenvalue weighted by Gasteiger charge is -2.33. The van der Waals surface area contributed by atoms with Crippen molar-refractivity contribution in [2.75, 3.05) is 13.3 Å². The third kappa shape index (κ3) is 3.55. The Labute approximate surface area is 121 Å². The zero-order valence-electron chi connectivity index (χ0n) is 12.3. The smallest absolute Gasteiger partial charge is 0.150 e. The Kier molecular flexibility index (Phi) is 4.75. The summed E-state index contributed by atoms with van der Waals surface area (Å²) in [5.41, 5.74) is 1.79. The zero-order chi connectivity index (χ0) is 14.8. The van der Waals surface area contributed by atoms with Gasteiger partial charge in [0.2, 0.25) is 0 Å². The standard InChI is InChI=1S/C14H23N3O2S/c1-10-8-17-13(9-16-10)14(15-2)11-5-4-6-12(7-11)20(3,18)19/h8-9,11-12,14-15H,4-7H2,1-3H3. The monoisotopic (exact) mass is 297 g/mol. The molecular weight excluding hydrogens is 274 g/mol. The van der Waals surface area contributed by atoms with Crippen molar-refractivity contribution in [2.45, 2.75) is 43.9 Å². The van der Waals surface area contributed by atoms with Gasteiger partial charge in [-0.05, 0) is 39.2 Å². The number of aryl methyl sites for hydroxylation is 1. The van der Waals surface area contributed by atoms with Gasteiger partial charge in [0.15, 0.2) is 0 Å². The maximum Gasteiger partial charge on any atom is 0.150 e. The summed E-state index contributed by atoms with van der Waals surface area (Å²) in [6, 6.07) is 0.0765. The van der Waals surface area contributed by atoms with Crippen molar-refractivity contribution in [3.05, 3.63) is 23.8 Å². The summed E-state index contributed by atoms with van der Waals surface area (Å²) in [6.45, 7) is 1.91. The minimum Gasteiger partial charge on any atom is -0.311 e. The van der Waals surface area contributed by atoms with Crippen LogP contribution in [0.15, 0.2) is 12.4 Å². The van der Waals surface area contributed by atoms with E-state index in [1.165, 1.54) is 6.26 Å². The minimum atomic E-state index is -2.95. The summed E-state index contributed by atoms with van der Waals surface area (Å²) in [7, 11) is -1.05. The van der Waals surface area contributed by atoms with E-state index >= 15 is 0 Å². The molecule has 3 unspecified atom stereocenters. The van der Waals surface area contributed by atoms with Crippen LogP contribution in [-0.4, -0.2) is 36.9 Å². The molecule has 5 nitrogen and oxygen atoms in total. The Hall–Kier alpha value is -1.01. The van der Waals surface area contributed by atoms with Crippen LogP contribution < -0.4 is 5.32 Å². The fraction of sp³-hybridized carbons (Fsp3) is 0.714. The highest BCUT2D eigenvalue weighted by Crippen LogP contribution is 2.35. The molecular formula is C14H23N3O2S. The Balaban J connectivity index is 2.17. The molecule has 1 N–H and O–H groups in total. The fourth-order valence-corrected chi connectivity index (χ4v) is 4.25. The lowest BCUT2D eigenvalue weighted by Crippen LogP contribution is -2.34. The molecule has 1 fully saturated rings. The Morgan fingerprint density at radius 2 is 2.05 bits per heavy atom. The SMILES string of the molecule is CNC(c1cnc(C)cn1)C1CCCC(S(C)(=O)=O)C1. The van der Waals surface area contributed by atoms with Crippen molar-refractivity contribution in [1.82, 2.24) is 15.3 Å². The van der Waals surface area contributed by atoms with E-state index in [-0.39, 0.29) is 11.3 Å². The predicted octanol–water partition coefficient (Wildman–Crippen LogP) is 1.65. The second kappa shape index (κ2) is 6.18. The molecule has 6 heteroatoms. The summed E-state index contributed by atoms with van der Waals surface area (Å²) < 4.78 is 23.6. The van der Waals surface area contributed by atoms with Crippen LogP contribution in [-0.2, 0) is 9.84 Å². The van der Waals surface area contributed by atoms with Crippen molar-refractivity contribution in [3.8, 4) is 0 Å². The summed E-state index contributed by atoms with van der Waals surface area (Å²) in [4.78, 5) is 8.73. The van der Waals surface area contributed by atoms with Crippen molar-refractivity contribution in [3.63, 3.8) is 0 Å². The quantitative estimate of drug-likeness (QED) is 0.915. The first-order valence-electron chi connectivity index (χ1n) is 7.06. The molecule has 0 amide bonds. The second-order valence-electron chi connectivity index (χ2n) is 5.73. The van der Waals surface area contributed by atoms with Crippen LogP contribution in [0.2, 0.25) is 0 Å². The number of nitrogens with zero attached hydrogens (tertiary/aromatic N) is 2. The van der Waals surface area contributed by atoms with Gasteiger partial charge in [-0.2, -0.15) is 0 Å². The summed E-state index contributed by atoms with van der Waals surface area (Å²) in [5, 5.41) is 3.07. The molecule has 1 saturated carbocycles. The predicted molar refractivity (Wildman–Crippen MR) is 79.2 cm³/mol. The molecule has 0 spiro atoms. The van der Waals surface area contributed by atoms with Crippen molar-refractivity contribution >= 4 is 9.84 Å². The largest absolute Gasteiger partial charge is 0.311 e. The molecule has 3 atom stereocenters. The molecule has 1 heterocycles. The van der Waals surface area contributed by atoms with E-state index in [2.05, 4.69) is 15.3 Å². The van der Waals surface area contributed by atoms with E-state index in [1.807, 2.05) is 14.0 Å². The lowest BCUT2D eigenvalue weighted by atomic mass is 9.82. The van der Waals surface area contributed by atoms with Gasteiger partial charge in [0, 0.05) is 12.5 Å². The number of aromatic nitrogens is 2. The van der Waals surface area contributed by atoms with Crippen molar-refractivity contribution < 1.29 is 8.42 Å². The average Bonchev–Trinajstić information content (AvgIpc) is 2.41. The Morgan fingerprint density at radius 1 is 1.30 bits per heavy atom. The first kappa shape index (κ1) is 15.4. The van der Waals surface area contributed by atoms with E-state index < -0.39 is 9.84 Å². The number of nitrogens with one attached hydrogen (secondary N) is 1. The lowest BCUT2D eigenvalue weighted by molar-refractivity contribution is 0.278. The summed E-state index contributed by atoms with van der Waals surface area (Å²) in [5.74, 6) is 0.297. The van der Waals surface area contributed by atoms with Crippen LogP contribution in [0.5, 0.6) is 0 Å². The van der Waals surface area contributed by atoms with E-state index in [0.29, 0.717) is 12.3 Å². The molecule has 1 aromatic heterocycles. The molecule has 0 saturated heterocycles. The molecule has 2 rings (SSSR count). The molecule has 20 heavy (non-hydrogen) atoms. The van der Waals surface area contributed by atoms with E-state index in [4.69, 9.17) is 0 Å². The van der Waals surface area contributed by atoms with Crippen LogP contribution in [0, 0.1) is 12.8 Å². The number of hydrogen-bond donors (Lipinski definition) is 1. The van der Waals surface area contributed by atoms with Crippen molar-refractivity contribution in [1.29, 1.82) is 0 Å². The van der Waals surface area contributed by atoms with E-state index in [0.717, 1.165) is 30.7 Å². The molecule has 1 aliphatic rings. The first-order chi connectivity index (χ1) is 9.41. The number of rotatable bonds is 4.